The van der Waals surface area contributed by atoms with Crippen molar-refractivity contribution in [3.63, 3.8) is 0 Å². The summed E-state index contributed by atoms with van der Waals surface area (Å²) in [7, 11) is 0. The van der Waals surface area contributed by atoms with Gasteiger partial charge in [-0.05, 0) is 42.3 Å². The molecule has 0 atom stereocenters. The summed E-state index contributed by atoms with van der Waals surface area (Å²) < 4.78 is 4.98. The Hall–Kier alpha value is -1.69. The molecule has 0 saturated heterocycles. The van der Waals surface area contributed by atoms with E-state index in [-0.39, 0.29) is 12.4 Å². The van der Waals surface area contributed by atoms with Crippen molar-refractivity contribution in [3.05, 3.63) is 63.6 Å². The number of carbonyl (C=O) groups is 2. The van der Waals surface area contributed by atoms with Gasteiger partial charge in [-0.3, -0.25) is 9.59 Å². The van der Waals surface area contributed by atoms with Gasteiger partial charge in [0.2, 0.25) is 0 Å². The van der Waals surface area contributed by atoms with E-state index in [2.05, 4.69) is 5.32 Å². The van der Waals surface area contributed by atoms with Crippen LogP contribution < -0.4 is 5.32 Å². The summed E-state index contributed by atoms with van der Waals surface area (Å²) in [5.41, 5.74) is 2.43. The van der Waals surface area contributed by atoms with E-state index in [1.807, 2.05) is 25.1 Å². The molecule has 1 N–H and O–H groups in total. The van der Waals surface area contributed by atoms with Crippen LogP contribution in [0.4, 0.5) is 5.69 Å². The molecule has 0 spiro atoms. The molecule has 0 bridgehead atoms. The van der Waals surface area contributed by atoms with E-state index in [0.717, 1.165) is 11.1 Å². The van der Waals surface area contributed by atoms with Gasteiger partial charge >= 0.3 is 5.97 Å². The minimum absolute atomic E-state index is 0.151. The molecule has 1 amide bonds. The predicted molar refractivity (Wildman–Crippen MR) is 103 cm³/mol. The van der Waals surface area contributed by atoms with Gasteiger partial charge in [-0.1, -0.05) is 41.4 Å². The fraction of sp³-hybridized carbons (Fsp3) is 0.222. The molecule has 0 fully saturated rings. The summed E-state index contributed by atoms with van der Waals surface area (Å²) in [6, 6.07) is 12.6. The number of hydrogen-bond donors (Lipinski definition) is 1. The van der Waals surface area contributed by atoms with Gasteiger partial charge in [-0.25, -0.2) is 0 Å². The molecule has 0 aromatic heterocycles. The van der Waals surface area contributed by atoms with Crippen LogP contribution in [0.3, 0.4) is 0 Å². The molecule has 2 aromatic rings. The summed E-state index contributed by atoms with van der Waals surface area (Å²) in [6.07, 6.45) is 0. The van der Waals surface area contributed by atoms with Crippen LogP contribution in [0.15, 0.2) is 42.5 Å². The summed E-state index contributed by atoms with van der Waals surface area (Å²) in [4.78, 5) is 23.6. The molecule has 0 radical (unpaired) electrons. The summed E-state index contributed by atoms with van der Waals surface area (Å²) in [5, 5.41) is 3.95. The quantitative estimate of drug-likeness (QED) is 0.686. The number of nitrogens with one attached hydrogen (secondary N) is 1. The zero-order valence-electron chi connectivity index (χ0n) is 13.6. The Labute approximate surface area is 160 Å². The van der Waals surface area contributed by atoms with Crippen molar-refractivity contribution >= 4 is 52.5 Å². The van der Waals surface area contributed by atoms with E-state index < -0.39 is 11.9 Å². The van der Waals surface area contributed by atoms with E-state index in [1.165, 1.54) is 11.8 Å². The molecule has 132 valence electrons. The molecule has 0 aliphatic carbocycles. The summed E-state index contributed by atoms with van der Waals surface area (Å²) in [5.74, 6) is -0.0847. The SMILES string of the molecule is Cc1cc(Cl)ccc1NC(=O)COC(=O)CSCc1ccccc1Cl. The fourth-order valence-electron chi connectivity index (χ4n) is 2.00. The molecule has 0 aliphatic rings. The van der Waals surface area contributed by atoms with Gasteiger partial charge in [0.1, 0.15) is 0 Å². The van der Waals surface area contributed by atoms with Crippen molar-refractivity contribution in [2.24, 2.45) is 0 Å². The Balaban J connectivity index is 1.70. The molecule has 0 unspecified atom stereocenters. The number of hydrogen-bond acceptors (Lipinski definition) is 4. The molecule has 0 aliphatic heterocycles. The largest absolute Gasteiger partial charge is 0.455 e. The zero-order valence-corrected chi connectivity index (χ0v) is 15.9. The first kappa shape index (κ1) is 19.6. The van der Waals surface area contributed by atoms with Gasteiger partial charge in [-0.2, -0.15) is 0 Å². The average Bonchev–Trinajstić information content (AvgIpc) is 2.57. The van der Waals surface area contributed by atoms with Gasteiger partial charge in [0.25, 0.3) is 5.91 Å². The van der Waals surface area contributed by atoms with E-state index in [4.69, 9.17) is 27.9 Å². The lowest BCUT2D eigenvalue weighted by Crippen LogP contribution is -2.22. The van der Waals surface area contributed by atoms with Crippen LogP contribution in [0, 0.1) is 6.92 Å². The molecule has 7 heteroatoms. The van der Waals surface area contributed by atoms with Crippen molar-refractivity contribution in [1.29, 1.82) is 0 Å². The van der Waals surface area contributed by atoms with Crippen LogP contribution >= 0.6 is 35.0 Å². The van der Waals surface area contributed by atoms with Crippen molar-refractivity contribution in [3.8, 4) is 0 Å². The van der Waals surface area contributed by atoms with Crippen LogP contribution in [0.2, 0.25) is 10.0 Å². The third-order valence-corrected chi connectivity index (χ3v) is 4.82. The first-order chi connectivity index (χ1) is 12.0. The summed E-state index contributed by atoms with van der Waals surface area (Å²) >= 11 is 13.3. The molecular formula is C18H17Cl2NO3S. The van der Waals surface area contributed by atoms with Crippen LogP contribution in [-0.4, -0.2) is 24.2 Å². The number of benzene rings is 2. The van der Waals surface area contributed by atoms with Crippen LogP contribution in [-0.2, 0) is 20.1 Å². The number of rotatable bonds is 7. The topological polar surface area (TPSA) is 55.4 Å². The van der Waals surface area contributed by atoms with Crippen molar-refractivity contribution < 1.29 is 14.3 Å². The van der Waals surface area contributed by atoms with Crippen molar-refractivity contribution in [2.75, 3.05) is 17.7 Å². The number of anilines is 1. The Morgan fingerprint density at radius 2 is 1.92 bits per heavy atom. The second kappa shape index (κ2) is 9.70. The molecule has 2 aromatic carbocycles. The highest BCUT2D eigenvalue weighted by molar-refractivity contribution is 7.99. The van der Waals surface area contributed by atoms with Gasteiger partial charge < -0.3 is 10.1 Å². The molecule has 0 heterocycles. The highest BCUT2D eigenvalue weighted by Crippen LogP contribution is 2.21. The number of carbonyl (C=O) groups excluding carboxylic acids is 2. The zero-order chi connectivity index (χ0) is 18.2. The molecular weight excluding hydrogens is 381 g/mol. The number of thioether (sulfide) groups is 1. The van der Waals surface area contributed by atoms with Crippen LogP contribution in [0.5, 0.6) is 0 Å². The van der Waals surface area contributed by atoms with E-state index in [9.17, 15) is 9.59 Å². The number of amides is 1. The molecule has 25 heavy (non-hydrogen) atoms. The van der Waals surface area contributed by atoms with Crippen molar-refractivity contribution in [1.82, 2.24) is 0 Å². The predicted octanol–water partition coefficient (Wildman–Crippen LogP) is 4.72. The first-order valence-corrected chi connectivity index (χ1v) is 9.39. The highest BCUT2D eigenvalue weighted by atomic mass is 35.5. The van der Waals surface area contributed by atoms with Gasteiger partial charge in [-0.15, -0.1) is 11.8 Å². The monoisotopic (exact) mass is 397 g/mol. The standard InChI is InChI=1S/C18H17Cl2NO3S/c1-12-8-14(19)6-7-16(12)21-17(22)9-24-18(23)11-25-10-13-4-2-3-5-15(13)20/h2-8H,9-11H2,1H3,(H,21,22). The average molecular weight is 398 g/mol. The normalized spacial score (nSPS) is 10.4. The maximum absolute atomic E-state index is 11.8. The molecule has 4 nitrogen and oxygen atoms in total. The number of ether oxygens (including phenoxy) is 1. The molecule has 2 rings (SSSR count). The lowest BCUT2D eigenvalue weighted by Gasteiger charge is -2.09. The fourth-order valence-corrected chi connectivity index (χ4v) is 3.33. The van der Waals surface area contributed by atoms with E-state index >= 15 is 0 Å². The third kappa shape index (κ3) is 6.61. The Bertz CT molecular complexity index is 768. The van der Waals surface area contributed by atoms with E-state index in [1.54, 1.807) is 24.3 Å². The lowest BCUT2D eigenvalue weighted by molar-refractivity contribution is -0.144. The maximum Gasteiger partial charge on any atom is 0.316 e. The Kier molecular flexibility index (Phi) is 7.62. The van der Waals surface area contributed by atoms with Crippen molar-refractivity contribution in [2.45, 2.75) is 12.7 Å². The van der Waals surface area contributed by atoms with Crippen LogP contribution in [0.25, 0.3) is 0 Å². The third-order valence-electron chi connectivity index (χ3n) is 3.26. The minimum Gasteiger partial charge on any atom is -0.455 e. The van der Waals surface area contributed by atoms with E-state index in [0.29, 0.717) is 21.5 Å². The maximum atomic E-state index is 11.8. The smallest absolute Gasteiger partial charge is 0.316 e. The lowest BCUT2D eigenvalue weighted by atomic mass is 10.2. The number of aryl methyl sites for hydroxylation is 1. The first-order valence-electron chi connectivity index (χ1n) is 7.48. The summed E-state index contributed by atoms with van der Waals surface area (Å²) in [6.45, 7) is 1.51. The number of halogens is 2. The Morgan fingerprint density at radius 1 is 1.16 bits per heavy atom. The Morgan fingerprint density at radius 3 is 2.64 bits per heavy atom. The second-order valence-corrected chi connectivity index (χ2v) is 7.08. The number of esters is 1. The highest BCUT2D eigenvalue weighted by Gasteiger charge is 2.10. The minimum atomic E-state index is -0.444. The van der Waals surface area contributed by atoms with Gasteiger partial charge in [0.15, 0.2) is 6.61 Å². The van der Waals surface area contributed by atoms with Gasteiger partial charge in [0, 0.05) is 21.5 Å². The van der Waals surface area contributed by atoms with Gasteiger partial charge in [0.05, 0.1) is 5.75 Å². The second-order valence-electron chi connectivity index (χ2n) is 5.25. The molecule has 0 saturated carbocycles. The van der Waals surface area contributed by atoms with Crippen LogP contribution in [0.1, 0.15) is 11.1 Å².